The Balaban J connectivity index is 0.00000132. The Bertz CT molecular complexity index is 635. The topological polar surface area (TPSA) is 79.2 Å². The van der Waals surface area contributed by atoms with Gasteiger partial charge in [-0.15, -0.1) is 24.8 Å². The van der Waals surface area contributed by atoms with Gasteiger partial charge in [0, 0.05) is 19.5 Å². The predicted octanol–water partition coefficient (Wildman–Crippen LogP) is 1.11. The minimum absolute atomic E-state index is 0. The number of aliphatic hydroxyl groups is 1. The van der Waals surface area contributed by atoms with Gasteiger partial charge in [0.15, 0.2) is 0 Å². The normalized spacial score (nSPS) is 20.4. The van der Waals surface area contributed by atoms with E-state index in [9.17, 15) is 9.90 Å². The number of fused-ring (bicyclic) bond motifs is 1. The van der Waals surface area contributed by atoms with Crippen LogP contribution < -0.4 is 10.6 Å². The number of piperidine rings is 1. The number of hydrogen-bond acceptors (Lipinski definition) is 4. The number of β-amino-alcohol motifs (C(OH)–C–C–N with tert-alkyl or cyclic N) is 1. The van der Waals surface area contributed by atoms with E-state index in [1.165, 1.54) is 0 Å². The van der Waals surface area contributed by atoms with Gasteiger partial charge in [0.25, 0.3) is 0 Å². The number of amides is 1. The Morgan fingerprint density at radius 3 is 2.96 bits per heavy atom. The van der Waals surface area contributed by atoms with Gasteiger partial charge < -0.3 is 20.3 Å². The zero-order chi connectivity index (χ0) is 14.7. The van der Waals surface area contributed by atoms with Crippen LogP contribution in [0.1, 0.15) is 12.8 Å². The Morgan fingerprint density at radius 1 is 1.39 bits per heavy atom. The molecule has 0 bridgehead atoms. The van der Waals surface area contributed by atoms with Crippen molar-refractivity contribution in [3.05, 3.63) is 30.6 Å². The molecule has 6 nitrogen and oxygen atoms in total. The fraction of sp³-hybridized carbons (Fsp3) is 0.467. The van der Waals surface area contributed by atoms with Crippen LogP contribution >= 0.6 is 24.8 Å². The average molecular weight is 361 g/mol. The van der Waals surface area contributed by atoms with E-state index >= 15 is 0 Å². The smallest absolute Gasteiger partial charge is 0.222 e. The lowest BCUT2D eigenvalue weighted by Gasteiger charge is -2.29. The second kappa shape index (κ2) is 9.08. The van der Waals surface area contributed by atoms with Gasteiger partial charge in [-0.2, -0.15) is 0 Å². The van der Waals surface area contributed by atoms with Crippen molar-refractivity contribution >= 4 is 41.8 Å². The number of halogens is 2. The van der Waals surface area contributed by atoms with Crippen LogP contribution in [0.15, 0.2) is 30.6 Å². The number of nitrogens with zero attached hydrogens (tertiary/aromatic N) is 2. The first-order chi connectivity index (χ1) is 10.2. The molecule has 8 heteroatoms. The molecule has 3 N–H and O–H groups in total. The summed E-state index contributed by atoms with van der Waals surface area (Å²) in [4.78, 5) is 16.3. The predicted molar refractivity (Wildman–Crippen MR) is 94.3 cm³/mol. The van der Waals surface area contributed by atoms with Gasteiger partial charge in [-0.1, -0.05) is 12.1 Å². The molecule has 1 fully saturated rings. The summed E-state index contributed by atoms with van der Waals surface area (Å²) >= 11 is 0. The van der Waals surface area contributed by atoms with E-state index in [4.69, 9.17) is 0 Å². The second-order valence-electron chi connectivity index (χ2n) is 5.41. The first kappa shape index (κ1) is 19.7. The number of aliphatic hydroxyl groups excluding tert-OH is 1. The molecule has 1 amide bonds. The first-order valence-electron chi connectivity index (χ1n) is 7.32. The first-order valence-corrected chi connectivity index (χ1v) is 7.32. The summed E-state index contributed by atoms with van der Waals surface area (Å²) in [6.45, 7) is 1.96. The van der Waals surface area contributed by atoms with Crippen LogP contribution in [0, 0.1) is 0 Å². The Labute approximate surface area is 147 Å². The summed E-state index contributed by atoms with van der Waals surface area (Å²) in [5, 5.41) is 15.8. The van der Waals surface area contributed by atoms with Crippen LogP contribution in [0.4, 0.5) is 0 Å². The van der Waals surface area contributed by atoms with Crippen LogP contribution in [0.5, 0.6) is 0 Å². The number of carbonyl (C=O) groups is 1. The fourth-order valence-electron chi connectivity index (χ4n) is 2.70. The zero-order valence-electron chi connectivity index (χ0n) is 12.6. The third-order valence-electron chi connectivity index (χ3n) is 3.90. The fourth-order valence-corrected chi connectivity index (χ4v) is 2.70. The zero-order valence-corrected chi connectivity index (χ0v) is 14.3. The number of benzene rings is 1. The van der Waals surface area contributed by atoms with Gasteiger partial charge in [0.2, 0.25) is 5.91 Å². The summed E-state index contributed by atoms with van der Waals surface area (Å²) < 4.78 is 1.98. The maximum Gasteiger partial charge on any atom is 0.222 e. The van der Waals surface area contributed by atoms with Crippen molar-refractivity contribution in [2.24, 2.45) is 0 Å². The second-order valence-corrected chi connectivity index (χ2v) is 5.41. The van der Waals surface area contributed by atoms with Crippen LogP contribution in [0.2, 0.25) is 0 Å². The SMILES string of the molecule is Cl.Cl.O=C(CCn1cnc2ccccc21)N[C@@H]1CCNC[C@H]1O. The third-order valence-corrected chi connectivity index (χ3v) is 3.90. The number of aryl methyl sites for hydroxylation is 1. The van der Waals surface area contributed by atoms with Crippen molar-refractivity contribution in [3.63, 3.8) is 0 Å². The number of para-hydroxylation sites is 2. The van der Waals surface area contributed by atoms with Crippen LogP contribution in [0.25, 0.3) is 11.0 Å². The van der Waals surface area contributed by atoms with Crippen molar-refractivity contribution in [1.29, 1.82) is 0 Å². The average Bonchev–Trinajstić information content (AvgIpc) is 2.91. The maximum absolute atomic E-state index is 12.0. The quantitative estimate of drug-likeness (QED) is 0.762. The molecule has 0 spiro atoms. The van der Waals surface area contributed by atoms with E-state index in [1.807, 2.05) is 28.8 Å². The minimum atomic E-state index is -0.503. The molecular weight excluding hydrogens is 339 g/mol. The molecule has 1 aliphatic rings. The van der Waals surface area contributed by atoms with Crippen molar-refractivity contribution in [2.45, 2.75) is 31.5 Å². The highest BCUT2D eigenvalue weighted by Gasteiger charge is 2.23. The Hall–Kier alpha value is -1.34. The number of aromatic nitrogens is 2. The largest absolute Gasteiger partial charge is 0.390 e. The van der Waals surface area contributed by atoms with Crippen LogP contribution in [0.3, 0.4) is 0 Å². The number of carbonyl (C=O) groups excluding carboxylic acids is 1. The van der Waals surface area contributed by atoms with Crippen molar-refractivity contribution < 1.29 is 9.90 Å². The van der Waals surface area contributed by atoms with Crippen molar-refractivity contribution in [1.82, 2.24) is 20.2 Å². The number of nitrogens with one attached hydrogen (secondary N) is 2. The summed E-state index contributed by atoms with van der Waals surface area (Å²) in [6, 6.07) is 7.73. The van der Waals surface area contributed by atoms with Gasteiger partial charge in [0.05, 0.1) is 29.5 Å². The summed E-state index contributed by atoms with van der Waals surface area (Å²) in [5.74, 6) is -0.0290. The lowest BCUT2D eigenvalue weighted by Crippen LogP contribution is -2.52. The van der Waals surface area contributed by atoms with E-state index in [-0.39, 0.29) is 36.8 Å². The summed E-state index contributed by atoms with van der Waals surface area (Å²) in [5.41, 5.74) is 1.97. The van der Waals surface area contributed by atoms with Gasteiger partial charge in [0.1, 0.15) is 0 Å². The molecule has 1 saturated heterocycles. The van der Waals surface area contributed by atoms with E-state index in [2.05, 4.69) is 15.6 Å². The monoisotopic (exact) mass is 360 g/mol. The summed E-state index contributed by atoms with van der Waals surface area (Å²) in [7, 11) is 0. The molecule has 2 atom stereocenters. The van der Waals surface area contributed by atoms with E-state index < -0.39 is 6.10 Å². The van der Waals surface area contributed by atoms with E-state index in [0.717, 1.165) is 24.0 Å². The Kier molecular flexibility index (Phi) is 7.78. The van der Waals surface area contributed by atoms with Gasteiger partial charge in [-0.05, 0) is 25.1 Å². The maximum atomic E-state index is 12.0. The number of hydrogen-bond donors (Lipinski definition) is 3. The van der Waals surface area contributed by atoms with E-state index in [1.54, 1.807) is 6.33 Å². The molecular formula is C15H22Cl2N4O2. The molecule has 1 aliphatic heterocycles. The third kappa shape index (κ3) is 4.81. The standard InChI is InChI=1S/C15H20N4O2.2ClH/c20-14-9-16-7-5-12(14)18-15(21)6-8-19-10-17-11-3-1-2-4-13(11)19;;/h1-4,10,12,14,16,20H,5-9H2,(H,18,21);2*1H/t12-,14-;;/m1../s1. The molecule has 0 saturated carbocycles. The number of imidazole rings is 1. The van der Waals surface area contributed by atoms with Gasteiger partial charge in [-0.25, -0.2) is 4.98 Å². The molecule has 23 heavy (non-hydrogen) atoms. The van der Waals surface area contributed by atoms with E-state index in [0.29, 0.717) is 19.5 Å². The molecule has 3 rings (SSSR count). The molecule has 1 aromatic carbocycles. The molecule has 2 heterocycles. The Morgan fingerprint density at radius 2 is 2.17 bits per heavy atom. The molecule has 0 radical (unpaired) electrons. The summed E-state index contributed by atoms with van der Waals surface area (Å²) in [6.07, 6.45) is 2.41. The molecule has 2 aromatic rings. The molecule has 0 aliphatic carbocycles. The van der Waals surface area contributed by atoms with Crippen LogP contribution in [-0.4, -0.2) is 45.8 Å². The highest BCUT2D eigenvalue weighted by molar-refractivity contribution is 5.85. The lowest BCUT2D eigenvalue weighted by molar-refractivity contribution is -0.123. The minimum Gasteiger partial charge on any atom is -0.390 e. The highest BCUT2D eigenvalue weighted by Crippen LogP contribution is 2.12. The van der Waals surface area contributed by atoms with Gasteiger partial charge in [-0.3, -0.25) is 4.79 Å². The van der Waals surface area contributed by atoms with Crippen LogP contribution in [-0.2, 0) is 11.3 Å². The highest BCUT2D eigenvalue weighted by atomic mass is 35.5. The van der Waals surface area contributed by atoms with Crippen molar-refractivity contribution in [2.75, 3.05) is 13.1 Å². The molecule has 0 unspecified atom stereocenters. The molecule has 1 aromatic heterocycles. The van der Waals surface area contributed by atoms with Crippen molar-refractivity contribution in [3.8, 4) is 0 Å². The van der Waals surface area contributed by atoms with Gasteiger partial charge >= 0.3 is 0 Å². The number of rotatable bonds is 4. The lowest BCUT2D eigenvalue weighted by atomic mass is 10.0. The molecule has 128 valence electrons.